The molecule has 6 heteroatoms. The zero-order valence-corrected chi connectivity index (χ0v) is 10.3. The van der Waals surface area contributed by atoms with Crippen molar-refractivity contribution < 1.29 is 4.39 Å². The molecule has 0 bridgehead atoms. The Balaban J connectivity index is 2.67. The summed E-state index contributed by atoms with van der Waals surface area (Å²) < 4.78 is 13.9. The molecule has 0 aliphatic rings. The van der Waals surface area contributed by atoms with Crippen molar-refractivity contribution in [3.8, 4) is 11.1 Å². The maximum absolute atomic E-state index is 13.2. The van der Waals surface area contributed by atoms with Crippen molar-refractivity contribution in [3.05, 3.63) is 40.0 Å². The van der Waals surface area contributed by atoms with Gasteiger partial charge in [0.15, 0.2) is 0 Å². The SMILES string of the molecule is Nc1ncc(Br)cc1-c1ccnc(F)c1Cl. The standard InChI is InChI=1S/C10H6BrClFN3/c11-5-3-7(10(14)16-4-5)6-1-2-15-9(13)8(6)12/h1-4H,(H2,14,16). The minimum absolute atomic E-state index is 0.0610. The predicted octanol–water partition coefficient (Wildman–Crippen LogP) is 3.28. The highest BCUT2D eigenvalue weighted by atomic mass is 79.9. The van der Waals surface area contributed by atoms with Gasteiger partial charge in [-0.05, 0) is 28.1 Å². The zero-order valence-electron chi connectivity index (χ0n) is 7.92. The molecule has 0 aliphatic carbocycles. The average Bonchev–Trinajstić information content (AvgIpc) is 2.26. The Bertz CT molecular complexity index is 548. The van der Waals surface area contributed by atoms with Gasteiger partial charge in [0.2, 0.25) is 5.95 Å². The van der Waals surface area contributed by atoms with Gasteiger partial charge in [-0.25, -0.2) is 9.97 Å². The number of hydrogen-bond acceptors (Lipinski definition) is 3. The molecule has 0 saturated carbocycles. The lowest BCUT2D eigenvalue weighted by molar-refractivity contribution is 0.585. The van der Waals surface area contributed by atoms with Crippen molar-refractivity contribution >= 4 is 33.3 Å². The first kappa shape index (κ1) is 11.3. The van der Waals surface area contributed by atoms with Crippen LogP contribution in [0.15, 0.2) is 29.0 Å². The summed E-state index contributed by atoms with van der Waals surface area (Å²) in [5.74, 6) is -0.436. The Morgan fingerprint density at radius 3 is 2.81 bits per heavy atom. The van der Waals surface area contributed by atoms with Crippen LogP contribution in [0.25, 0.3) is 11.1 Å². The first-order valence-corrected chi connectivity index (χ1v) is 5.48. The Morgan fingerprint density at radius 1 is 1.31 bits per heavy atom. The van der Waals surface area contributed by atoms with Gasteiger partial charge in [0.25, 0.3) is 0 Å². The third kappa shape index (κ3) is 2.01. The van der Waals surface area contributed by atoms with E-state index in [1.54, 1.807) is 18.3 Å². The third-order valence-corrected chi connectivity index (χ3v) is 2.82. The highest BCUT2D eigenvalue weighted by Gasteiger charge is 2.12. The second kappa shape index (κ2) is 4.35. The minimum Gasteiger partial charge on any atom is -0.383 e. The molecule has 2 aromatic rings. The van der Waals surface area contributed by atoms with Crippen molar-refractivity contribution in [2.45, 2.75) is 0 Å². The van der Waals surface area contributed by atoms with Gasteiger partial charge in [-0.3, -0.25) is 0 Å². The van der Waals surface area contributed by atoms with Gasteiger partial charge in [-0.1, -0.05) is 11.6 Å². The van der Waals surface area contributed by atoms with Crippen LogP contribution in [0.4, 0.5) is 10.2 Å². The number of aromatic nitrogens is 2. The van der Waals surface area contributed by atoms with Gasteiger partial charge in [0, 0.05) is 28.0 Å². The first-order chi connectivity index (χ1) is 7.59. The van der Waals surface area contributed by atoms with Gasteiger partial charge < -0.3 is 5.73 Å². The van der Waals surface area contributed by atoms with Crippen LogP contribution < -0.4 is 5.73 Å². The molecule has 3 nitrogen and oxygen atoms in total. The average molecular weight is 303 g/mol. The van der Waals surface area contributed by atoms with Crippen LogP contribution in [-0.4, -0.2) is 9.97 Å². The number of rotatable bonds is 1. The molecule has 2 heterocycles. The van der Waals surface area contributed by atoms with E-state index in [9.17, 15) is 4.39 Å². The maximum Gasteiger partial charge on any atom is 0.232 e. The molecule has 16 heavy (non-hydrogen) atoms. The number of hydrogen-bond donors (Lipinski definition) is 1. The van der Waals surface area contributed by atoms with Crippen molar-refractivity contribution in [2.24, 2.45) is 0 Å². The van der Waals surface area contributed by atoms with Crippen LogP contribution in [0, 0.1) is 5.95 Å². The van der Waals surface area contributed by atoms with Crippen molar-refractivity contribution in [2.75, 3.05) is 5.73 Å². The van der Waals surface area contributed by atoms with E-state index in [1.807, 2.05) is 0 Å². The predicted molar refractivity (Wildman–Crippen MR) is 64.5 cm³/mol. The summed E-state index contributed by atoms with van der Waals surface area (Å²) in [5.41, 5.74) is 6.75. The topological polar surface area (TPSA) is 51.8 Å². The van der Waals surface area contributed by atoms with Gasteiger partial charge in [0.05, 0.1) is 0 Å². The molecular weight excluding hydrogens is 296 g/mol. The van der Waals surface area contributed by atoms with Crippen LogP contribution in [0.2, 0.25) is 5.02 Å². The molecule has 0 saturated heterocycles. The summed E-state index contributed by atoms with van der Waals surface area (Å²) in [7, 11) is 0. The second-order valence-electron chi connectivity index (χ2n) is 3.05. The van der Waals surface area contributed by atoms with Crippen LogP contribution >= 0.6 is 27.5 Å². The third-order valence-electron chi connectivity index (χ3n) is 2.02. The summed E-state index contributed by atoms with van der Waals surface area (Å²) in [4.78, 5) is 7.40. The molecule has 0 fully saturated rings. The van der Waals surface area contributed by atoms with Crippen LogP contribution in [-0.2, 0) is 0 Å². The molecule has 0 atom stereocenters. The summed E-state index contributed by atoms with van der Waals surface area (Å²) >= 11 is 9.08. The molecule has 2 aromatic heterocycles. The fraction of sp³-hybridized carbons (Fsp3) is 0. The molecule has 0 aliphatic heterocycles. The Kier molecular flexibility index (Phi) is 3.07. The summed E-state index contributed by atoms with van der Waals surface area (Å²) in [5, 5.41) is -0.0610. The van der Waals surface area contributed by atoms with E-state index in [0.29, 0.717) is 11.1 Å². The highest BCUT2D eigenvalue weighted by molar-refractivity contribution is 9.10. The van der Waals surface area contributed by atoms with Crippen LogP contribution in [0.3, 0.4) is 0 Å². The monoisotopic (exact) mass is 301 g/mol. The van der Waals surface area contributed by atoms with E-state index in [0.717, 1.165) is 4.47 Å². The van der Waals surface area contributed by atoms with Gasteiger partial charge in [-0.15, -0.1) is 0 Å². The van der Waals surface area contributed by atoms with E-state index in [4.69, 9.17) is 17.3 Å². The number of nitrogen functional groups attached to an aromatic ring is 1. The lowest BCUT2D eigenvalue weighted by atomic mass is 10.1. The summed E-state index contributed by atoms with van der Waals surface area (Å²) in [6.07, 6.45) is 2.89. The molecule has 2 N–H and O–H groups in total. The summed E-state index contributed by atoms with van der Waals surface area (Å²) in [6, 6.07) is 3.31. The molecular formula is C10H6BrClFN3. The molecule has 82 valence electrons. The van der Waals surface area contributed by atoms with E-state index in [2.05, 4.69) is 25.9 Å². The summed E-state index contributed by atoms with van der Waals surface area (Å²) in [6.45, 7) is 0. The quantitative estimate of drug-likeness (QED) is 0.823. The lowest BCUT2D eigenvalue weighted by Gasteiger charge is -2.07. The van der Waals surface area contributed by atoms with Crippen LogP contribution in [0.5, 0.6) is 0 Å². The Morgan fingerprint density at radius 2 is 2.06 bits per heavy atom. The van der Waals surface area contributed by atoms with E-state index >= 15 is 0 Å². The lowest BCUT2D eigenvalue weighted by Crippen LogP contribution is -1.96. The van der Waals surface area contributed by atoms with Crippen LogP contribution in [0.1, 0.15) is 0 Å². The minimum atomic E-state index is -0.724. The van der Waals surface area contributed by atoms with Gasteiger partial charge >= 0.3 is 0 Å². The maximum atomic E-state index is 13.2. The molecule has 0 aromatic carbocycles. The molecule has 2 rings (SSSR count). The number of pyridine rings is 2. The Hall–Kier alpha value is -1.20. The second-order valence-corrected chi connectivity index (χ2v) is 4.34. The molecule has 0 amide bonds. The van der Waals surface area contributed by atoms with E-state index in [1.165, 1.54) is 6.20 Å². The van der Waals surface area contributed by atoms with Gasteiger partial charge in [0.1, 0.15) is 10.8 Å². The van der Waals surface area contributed by atoms with Crippen molar-refractivity contribution in [3.63, 3.8) is 0 Å². The smallest absolute Gasteiger partial charge is 0.232 e. The number of nitrogens with zero attached hydrogens (tertiary/aromatic N) is 2. The fourth-order valence-electron chi connectivity index (χ4n) is 1.29. The largest absolute Gasteiger partial charge is 0.383 e. The van der Waals surface area contributed by atoms with E-state index < -0.39 is 5.95 Å². The van der Waals surface area contributed by atoms with Gasteiger partial charge in [-0.2, -0.15) is 4.39 Å². The first-order valence-electron chi connectivity index (χ1n) is 4.31. The molecule has 0 unspecified atom stereocenters. The number of nitrogens with two attached hydrogens (primary N) is 1. The Labute approximate surface area is 105 Å². The molecule has 0 radical (unpaired) electrons. The molecule has 0 spiro atoms. The van der Waals surface area contributed by atoms with Crippen molar-refractivity contribution in [1.82, 2.24) is 9.97 Å². The van der Waals surface area contributed by atoms with Crippen molar-refractivity contribution in [1.29, 1.82) is 0 Å². The zero-order chi connectivity index (χ0) is 11.7. The normalized spacial score (nSPS) is 10.4. The van der Waals surface area contributed by atoms with E-state index in [-0.39, 0.29) is 10.8 Å². The highest BCUT2D eigenvalue weighted by Crippen LogP contribution is 2.33. The fourth-order valence-corrected chi connectivity index (χ4v) is 1.84. The number of halogens is 3. The number of anilines is 1.